The van der Waals surface area contributed by atoms with E-state index in [-0.39, 0.29) is 11.9 Å². The van der Waals surface area contributed by atoms with Crippen molar-refractivity contribution in [2.45, 2.75) is 13.0 Å². The van der Waals surface area contributed by atoms with Crippen molar-refractivity contribution < 1.29 is 4.39 Å². The van der Waals surface area contributed by atoms with Gasteiger partial charge in [-0.3, -0.25) is 0 Å². The van der Waals surface area contributed by atoms with E-state index in [1.54, 1.807) is 6.92 Å². The van der Waals surface area contributed by atoms with Gasteiger partial charge >= 0.3 is 0 Å². The minimum atomic E-state index is -0.388. The minimum absolute atomic E-state index is 0.251. The minimum Gasteiger partial charge on any atom is -0.322 e. The second kappa shape index (κ2) is 3.74. The number of pyridine rings is 1. The van der Waals surface area contributed by atoms with Crippen molar-refractivity contribution in [3.63, 3.8) is 0 Å². The van der Waals surface area contributed by atoms with Gasteiger partial charge in [0.15, 0.2) is 11.6 Å². The first-order chi connectivity index (χ1) is 7.18. The second-order valence-electron chi connectivity index (χ2n) is 3.15. The van der Waals surface area contributed by atoms with Crippen molar-refractivity contribution in [2.75, 3.05) is 0 Å². The van der Waals surface area contributed by atoms with Crippen molar-refractivity contribution in [2.24, 2.45) is 5.73 Å². The molecule has 5 nitrogen and oxygen atoms in total. The third kappa shape index (κ3) is 1.84. The first kappa shape index (κ1) is 9.72. The van der Waals surface area contributed by atoms with E-state index in [1.165, 1.54) is 23.1 Å². The van der Waals surface area contributed by atoms with Crippen LogP contribution < -0.4 is 5.73 Å². The van der Waals surface area contributed by atoms with Crippen LogP contribution in [0.1, 0.15) is 18.8 Å². The fourth-order valence-corrected chi connectivity index (χ4v) is 1.23. The Bertz CT molecular complexity index is 448. The number of aromatic nitrogens is 4. The SMILES string of the molecule is CC(N)c1ncnn1-c1ccc(F)cn1. The van der Waals surface area contributed by atoms with E-state index in [9.17, 15) is 4.39 Å². The maximum atomic E-state index is 12.7. The molecule has 0 radical (unpaired) electrons. The summed E-state index contributed by atoms with van der Waals surface area (Å²) in [4.78, 5) is 7.90. The molecule has 0 aliphatic carbocycles. The Morgan fingerprint density at radius 2 is 2.20 bits per heavy atom. The lowest BCUT2D eigenvalue weighted by Gasteiger charge is -2.06. The summed E-state index contributed by atoms with van der Waals surface area (Å²) in [7, 11) is 0. The lowest BCUT2D eigenvalue weighted by atomic mass is 10.3. The van der Waals surface area contributed by atoms with Crippen molar-refractivity contribution in [1.29, 1.82) is 0 Å². The molecule has 0 aliphatic rings. The Kier molecular flexibility index (Phi) is 2.42. The first-order valence-electron chi connectivity index (χ1n) is 4.46. The molecule has 0 fully saturated rings. The summed E-state index contributed by atoms with van der Waals surface area (Å²) in [5.74, 6) is 0.705. The van der Waals surface area contributed by atoms with Gasteiger partial charge in [0, 0.05) is 0 Å². The summed E-state index contributed by atoms with van der Waals surface area (Å²) >= 11 is 0. The summed E-state index contributed by atoms with van der Waals surface area (Å²) in [6.45, 7) is 1.80. The van der Waals surface area contributed by atoms with Gasteiger partial charge in [0.1, 0.15) is 12.1 Å². The number of halogens is 1. The summed E-state index contributed by atoms with van der Waals surface area (Å²) in [6, 6.07) is 2.59. The molecule has 0 aromatic carbocycles. The largest absolute Gasteiger partial charge is 0.322 e. The highest BCUT2D eigenvalue weighted by molar-refractivity contribution is 5.22. The zero-order valence-corrected chi connectivity index (χ0v) is 8.13. The predicted octanol–water partition coefficient (Wildman–Crippen LogP) is 0.821. The molecule has 78 valence electrons. The molecule has 0 saturated carbocycles. The molecule has 2 N–H and O–H groups in total. The first-order valence-corrected chi connectivity index (χ1v) is 4.46. The van der Waals surface area contributed by atoms with Crippen LogP contribution in [-0.4, -0.2) is 19.7 Å². The van der Waals surface area contributed by atoms with Crippen LogP contribution in [0.4, 0.5) is 4.39 Å². The number of nitrogens with zero attached hydrogens (tertiary/aromatic N) is 4. The van der Waals surface area contributed by atoms with E-state index in [0.717, 1.165) is 6.20 Å². The monoisotopic (exact) mass is 207 g/mol. The molecule has 0 aliphatic heterocycles. The van der Waals surface area contributed by atoms with E-state index in [2.05, 4.69) is 15.1 Å². The van der Waals surface area contributed by atoms with Gasteiger partial charge in [0.2, 0.25) is 0 Å². The van der Waals surface area contributed by atoms with E-state index in [4.69, 9.17) is 5.73 Å². The Morgan fingerprint density at radius 3 is 2.80 bits per heavy atom. The van der Waals surface area contributed by atoms with Crippen LogP contribution in [-0.2, 0) is 0 Å². The maximum absolute atomic E-state index is 12.7. The van der Waals surface area contributed by atoms with Gasteiger partial charge in [-0.15, -0.1) is 0 Å². The normalized spacial score (nSPS) is 12.7. The lowest BCUT2D eigenvalue weighted by Crippen LogP contribution is -2.14. The van der Waals surface area contributed by atoms with Crippen LogP contribution >= 0.6 is 0 Å². The second-order valence-corrected chi connectivity index (χ2v) is 3.15. The highest BCUT2D eigenvalue weighted by Gasteiger charge is 2.11. The number of hydrogen-bond acceptors (Lipinski definition) is 4. The average Bonchev–Trinajstić information content (AvgIpc) is 2.67. The Balaban J connectivity index is 2.45. The molecule has 2 aromatic rings. The molecule has 0 amide bonds. The maximum Gasteiger partial charge on any atom is 0.155 e. The number of nitrogens with two attached hydrogens (primary N) is 1. The fraction of sp³-hybridized carbons (Fsp3) is 0.222. The van der Waals surface area contributed by atoms with Gasteiger partial charge in [-0.25, -0.2) is 14.4 Å². The van der Waals surface area contributed by atoms with Crippen molar-refractivity contribution in [1.82, 2.24) is 19.7 Å². The highest BCUT2D eigenvalue weighted by Crippen LogP contribution is 2.10. The summed E-state index contributed by atoms with van der Waals surface area (Å²) in [5.41, 5.74) is 5.70. The molecule has 0 bridgehead atoms. The topological polar surface area (TPSA) is 69.6 Å². The lowest BCUT2D eigenvalue weighted by molar-refractivity contribution is 0.616. The summed E-state index contributed by atoms with van der Waals surface area (Å²) in [6.07, 6.45) is 2.52. The third-order valence-electron chi connectivity index (χ3n) is 1.91. The van der Waals surface area contributed by atoms with Crippen molar-refractivity contribution in [3.05, 3.63) is 36.3 Å². The van der Waals surface area contributed by atoms with Crippen LogP contribution in [0.2, 0.25) is 0 Å². The molecular weight excluding hydrogens is 197 g/mol. The Labute approximate surface area is 85.8 Å². The smallest absolute Gasteiger partial charge is 0.155 e. The number of hydrogen-bond donors (Lipinski definition) is 1. The average molecular weight is 207 g/mol. The molecule has 0 spiro atoms. The van der Waals surface area contributed by atoms with Crippen LogP contribution in [0.3, 0.4) is 0 Å². The van der Waals surface area contributed by atoms with Crippen LogP contribution in [0, 0.1) is 5.82 Å². The summed E-state index contributed by atoms with van der Waals surface area (Å²) in [5, 5.41) is 3.98. The summed E-state index contributed by atoms with van der Waals surface area (Å²) < 4.78 is 14.1. The van der Waals surface area contributed by atoms with Crippen LogP contribution in [0.15, 0.2) is 24.7 Å². The van der Waals surface area contributed by atoms with Gasteiger partial charge in [0.05, 0.1) is 12.2 Å². The third-order valence-corrected chi connectivity index (χ3v) is 1.91. The molecule has 0 saturated heterocycles. The van der Waals surface area contributed by atoms with E-state index < -0.39 is 0 Å². The predicted molar refractivity (Wildman–Crippen MR) is 51.7 cm³/mol. The Hall–Kier alpha value is -1.82. The molecular formula is C9H10FN5. The standard InChI is InChI=1S/C9H10FN5/c1-6(11)9-13-5-14-15(9)8-3-2-7(10)4-12-8/h2-6H,11H2,1H3. The van der Waals surface area contributed by atoms with Gasteiger partial charge < -0.3 is 5.73 Å². The molecule has 2 heterocycles. The molecule has 1 atom stereocenters. The van der Waals surface area contributed by atoms with Crippen LogP contribution in [0.25, 0.3) is 5.82 Å². The fourth-order valence-electron chi connectivity index (χ4n) is 1.23. The van der Waals surface area contributed by atoms with Gasteiger partial charge in [0.25, 0.3) is 0 Å². The van der Waals surface area contributed by atoms with Crippen molar-refractivity contribution in [3.8, 4) is 5.82 Å². The van der Waals surface area contributed by atoms with E-state index >= 15 is 0 Å². The van der Waals surface area contributed by atoms with E-state index in [0.29, 0.717) is 11.6 Å². The number of rotatable bonds is 2. The zero-order chi connectivity index (χ0) is 10.8. The molecule has 15 heavy (non-hydrogen) atoms. The molecule has 6 heteroatoms. The van der Waals surface area contributed by atoms with Gasteiger partial charge in [-0.05, 0) is 19.1 Å². The molecule has 2 rings (SSSR count). The van der Waals surface area contributed by atoms with Gasteiger partial charge in [-0.1, -0.05) is 0 Å². The quantitative estimate of drug-likeness (QED) is 0.791. The van der Waals surface area contributed by atoms with Crippen LogP contribution in [0.5, 0.6) is 0 Å². The molecule has 1 unspecified atom stereocenters. The van der Waals surface area contributed by atoms with E-state index in [1.807, 2.05) is 0 Å². The highest BCUT2D eigenvalue weighted by atomic mass is 19.1. The van der Waals surface area contributed by atoms with Crippen molar-refractivity contribution >= 4 is 0 Å². The van der Waals surface area contributed by atoms with Gasteiger partial charge in [-0.2, -0.15) is 9.78 Å². The zero-order valence-electron chi connectivity index (χ0n) is 8.13. The molecule has 2 aromatic heterocycles. The Morgan fingerprint density at radius 1 is 1.40 bits per heavy atom.